The molecule has 0 heterocycles. The van der Waals surface area contributed by atoms with E-state index in [0.29, 0.717) is 6.04 Å². The first kappa shape index (κ1) is 14.6. The summed E-state index contributed by atoms with van der Waals surface area (Å²) in [6.45, 7) is 7.07. The maximum absolute atomic E-state index is 3.58. The molecule has 0 radical (unpaired) electrons. The van der Waals surface area contributed by atoms with E-state index in [4.69, 9.17) is 0 Å². The Morgan fingerprint density at radius 3 is 2.53 bits per heavy atom. The van der Waals surface area contributed by atoms with E-state index < -0.39 is 0 Å². The third-order valence-electron chi connectivity index (χ3n) is 5.28. The van der Waals surface area contributed by atoms with Crippen molar-refractivity contribution in [3.05, 3.63) is 35.4 Å². The largest absolute Gasteiger partial charge is 0.316 e. The van der Waals surface area contributed by atoms with Gasteiger partial charge in [0.05, 0.1) is 0 Å². The van der Waals surface area contributed by atoms with Gasteiger partial charge < -0.3 is 5.32 Å². The lowest BCUT2D eigenvalue weighted by atomic mass is 9.72. The molecule has 1 fully saturated rings. The number of likely N-dealkylation sites (N-methyl/N-ethyl adjacent to an activating group) is 1. The van der Waals surface area contributed by atoms with Gasteiger partial charge in [0.2, 0.25) is 0 Å². The molecule has 1 saturated carbocycles. The summed E-state index contributed by atoms with van der Waals surface area (Å²) in [6, 6.07) is 9.46. The van der Waals surface area contributed by atoms with Crippen LogP contribution >= 0.6 is 0 Å². The summed E-state index contributed by atoms with van der Waals surface area (Å²) in [4.78, 5) is 0. The number of rotatable bonds is 4. The molecule has 2 rings (SSSR count). The van der Waals surface area contributed by atoms with E-state index in [1.807, 2.05) is 0 Å². The highest BCUT2D eigenvalue weighted by molar-refractivity contribution is 5.26. The molecule has 0 spiro atoms. The molecular formula is C18H29N. The molecule has 1 N–H and O–H groups in total. The lowest BCUT2D eigenvalue weighted by molar-refractivity contribution is 0.173. The van der Waals surface area contributed by atoms with Gasteiger partial charge >= 0.3 is 0 Å². The van der Waals surface area contributed by atoms with Crippen LogP contribution in [0, 0.1) is 24.7 Å². The second kappa shape index (κ2) is 6.56. The van der Waals surface area contributed by atoms with E-state index in [1.54, 1.807) is 0 Å². The smallest absolute Gasteiger partial charge is 0.0133 e. The maximum atomic E-state index is 3.58. The highest BCUT2D eigenvalue weighted by atomic mass is 14.9. The van der Waals surface area contributed by atoms with Gasteiger partial charge in [-0.2, -0.15) is 0 Å². The molecule has 1 aromatic rings. The minimum Gasteiger partial charge on any atom is -0.316 e. The highest BCUT2D eigenvalue weighted by Crippen LogP contribution is 2.35. The Labute approximate surface area is 118 Å². The molecule has 106 valence electrons. The second-order valence-corrected chi connectivity index (χ2v) is 6.55. The summed E-state index contributed by atoms with van der Waals surface area (Å²) >= 11 is 0. The van der Waals surface area contributed by atoms with Crippen LogP contribution in [-0.2, 0) is 6.42 Å². The number of benzene rings is 1. The van der Waals surface area contributed by atoms with E-state index in [9.17, 15) is 0 Å². The fraction of sp³-hybridized carbons (Fsp3) is 0.667. The molecule has 0 aromatic heterocycles. The molecule has 0 amide bonds. The van der Waals surface area contributed by atoms with Gasteiger partial charge in [-0.15, -0.1) is 0 Å². The van der Waals surface area contributed by atoms with Crippen LogP contribution in [-0.4, -0.2) is 13.1 Å². The molecule has 0 bridgehead atoms. The van der Waals surface area contributed by atoms with Gasteiger partial charge in [-0.05, 0) is 62.1 Å². The van der Waals surface area contributed by atoms with E-state index in [0.717, 1.165) is 17.8 Å². The molecule has 4 unspecified atom stereocenters. The van der Waals surface area contributed by atoms with Gasteiger partial charge in [-0.25, -0.2) is 0 Å². The SMILES string of the molecule is CNC(Cc1ccccc1C)C1CCC(C)C(C)C1. The Bertz CT molecular complexity index is 398. The van der Waals surface area contributed by atoms with E-state index in [-0.39, 0.29) is 0 Å². The first-order valence-corrected chi connectivity index (χ1v) is 7.83. The summed E-state index contributed by atoms with van der Waals surface area (Å²) in [6.07, 6.45) is 5.36. The monoisotopic (exact) mass is 259 g/mol. The van der Waals surface area contributed by atoms with Crippen molar-refractivity contribution in [2.45, 2.75) is 52.5 Å². The maximum Gasteiger partial charge on any atom is 0.0133 e. The number of nitrogens with one attached hydrogen (secondary N) is 1. The van der Waals surface area contributed by atoms with Crippen LogP contribution in [0.15, 0.2) is 24.3 Å². The molecule has 1 heteroatoms. The summed E-state index contributed by atoms with van der Waals surface area (Å²) in [5.74, 6) is 2.63. The first-order valence-electron chi connectivity index (χ1n) is 7.83. The predicted octanol–water partition coefficient (Wildman–Crippen LogP) is 4.20. The van der Waals surface area contributed by atoms with Crippen LogP contribution < -0.4 is 5.32 Å². The standard InChI is InChI=1S/C18H29N/c1-13-9-10-17(11-15(13)3)18(19-4)12-16-8-6-5-7-14(16)2/h5-8,13,15,17-19H,9-12H2,1-4H3. The molecule has 1 aromatic carbocycles. The number of hydrogen-bond acceptors (Lipinski definition) is 1. The van der Waals surface area contributed by atoms with E-state index in [1.165, 1.54) is 36.8 Å². The van der Waals surface area contributed by atoms with Crippen LogP contribution in [0.4, 0.5) is 0 Å². The lowest BCUT2D eigenvalue weighted by Gasteiger charge is -2.37. The quantitative estimate of drug-likeness (QED) is 0.854. The summed E-state index contributed by atoms with van der Waals surface area (Å²) in [5, 5.41) is 3.58. The molecule has 1 aliphatic rings. The van der Waals surface area contributed by atoms with Crippen LogP contribution in [0.25, 0.3) is 0 Å². The molecular weight excluding hydrogens is 230 g/mol. The van der Waals surface area contributed by atoms with Crippen molar-refractivity contribution in [1.29, 1.82) is 0 Å². The zero-order chi connectivity index (χ0) is 13.8. The zero-order valence-corrected chi connectivity index (χ0v) is 12.9. The molecule has 4 atom stereocenters. The van der Waals surface area contributed by atoms with Gasteiger partial charge in [-0.1, -0.05) is 44.5 Å². The van der Waals surface area contributed by atoms with Crippen molar-refractivity contribution in [2.24, 2.45) is 17.8 Å². The Balaban J connectivity index is 2.02. The van der Waals surface area contributed by atoms with Gasteiger partial charge in [0.1, 0.15) is 0 Å². The van der Waals surface area contributed by atoms with Crippen LogP contribution in [0.1, 0.15) is 44.2 Å². The van der Waals surface area contributed by atoms with Crippen LogP contribution in [0.3, 0.4) is 0 Å². The van der Waals surface area contributed by atoms with Crippen molar-refractivity contribution < 1.29 is 0 Å². The lowest BCUT2D eigenvalue weighted by Crippen LogP contribution is -2.39. The van der Waals surface area contributed by atoms with Crippen molar-refractivity contribution in [3.63, 3.8) is 0 Å². The Hall–Kier alpha value is -0.820. The predicted molar refractivity (Wildman–Crippen MR) is 83.4 cm³/mol. The molecule has 0 saturated heterocycles. The van der Waals surface area contributed by atoms with E-state index >= 15 is 0 Å². The van der Waals surface area contributed by atoms with Crippen LogP contribution in [0.2, 0.25) is 0 Å². The van der Waals surface area contributed by atoms with Crippen molar-refractivity contribution in [2.75, 3.05) is 7.05 Å². The van der Waals surface area contributed by atoms with Gasteiger partial charge in [-0.3, -0.25) is 0 Å². The zero-order valence-electron chi connectivity index (χ0n) is 12.9. The van der Waals surface area contributed by atoms with Gasteiger partial charge in [0, 0.05) is 6.04 Å². The Kier molecular flexibility index (Phi) is 5.04. The summed E-state index contributed by atoms with van der Waals surface area (Å²) < 4.78 is 0. The Morgan fingerprint density at radius 2 is 1.89 bits per heavy atom. The third kappa shape index (κ3) is 3.60. The minimum atomic E-state index is 0.635. The van der Waals surface area contributed by atoms with Gasteiger partial charge in [0.15, 0.2) is 0 Å². The van der Waals surface area contributed by atoms with E-state index in [2.05, 4.69) is 57.4 Å². The second-order valence-electron chi connectivity index (χ2n) is 6.55. The van der Waals surface area contributed by atoms with Crippen molar-refractivity contribution >= 4 is 0 Å². The minimum absolute atomic E-state index is 0.635. The van der Waals surface area contributed by atoms with Crippen molar-refractivity contribution in [1.82, 2.24) is 5.32 Å². The molecule has 19 heavy (non-hydrogen) atoms. The topological polar surface area (TPSA) is 12.0 Å². The number of aryl methyl sites for hydroxylation is 1. The van der Waals surface area contributed by atoms with Crippen LogP contribution in [0.5, 0.6) is 0 Å². The molecule has 1 aliphatic carbocycles. The fourth-order valence-electron chi connectivity index (χ4n) is 3.54. The fourth-order valence-corrected chi connectivity index (χ4v) is 3.54. The number of hydrogen-bond donors (Lipinski definition) is 1. The molecule has 0 aliphatic heterocycles. The normalized spacial score (nSPS) is 29.2. The first-order chi connectivity index (χ1) is 9.11. The third-order valence-corrected chi connectivity index (χ3v) is 5.28. The summed E-state index contributed by atoms with van der Waals surface area (Å²) in [5.41, 5.74) is 2.94. The van der Waals surface area contributed by atoms with Crippen molar-refractivity contribution in [3.8, 4) is 0 Å². The average molecular weight is 259 g/mol. The average Bonchev–Trinajstić information content (AvgIpc) is 2.41. The highest BCUT2D eigenvalue weighted by Gasteiger charge is 2.29. The Morgan fingerprint density at radius 1 is 1.16 bits per heavy atom. The summed E-state index contributed by atoms with van der Waals surface area (Å²) in [7, 11) is 2.13. The van der Waals surface area contributed by atoms with Gasteiger partial charge in [0.25, 0.3) is 0 Å². The molecule has 1 nitrogen and oxygen atoms in total.